The number of likely N-dealkylation sites (N-methyl/N-ethyl adjacent to an activating group) is 1. The number of hydrogen-bond donors (Lipinski definition) is 1. The van der Waals surface area contributed by atoms with E-state index in [4.69, 9.17) is 4.74 Å². The number of nitro groups is 1. The predicted molar refractivity (Wildman–Crippen MR) is 72.5 cm³/mol. The van der Waals surface area contributed by atoms with Gasteiger partial charge in [0.25, 0.3) is 11.6 Å². The van der Waals surface area contributed by atoms with Crippen LogP contribution in [0.25, 0.3) is 0 Å². The van der Waals surface area contributed by atoms with Gasteiger partial charge in [0.2, 0.25) is 0 Å². The fourth-order valence-electron chi connectivity index (χ4n) is 1.69. The summed E-state index contributed by atoms with van der Waals surface area (Å²) in [4.78, 5) is 23.3. The number of amides is 1. The van der Waals surface area contributed by atoms with Gasteiger partial charge < -0.3 is 14.7 Å². The van der Waals surface area contributed by atoms with Crippen molar-refractivity contribution in [3.8, 4) is 5.75 Å². The van der Waals surface area contributed by atoms with Crippen LogP contribution in [0, 0.1) is 10.1 Å². The van der Waals surface area contributed by atoms with Crippen molar-refractivity contribution in [3.05, 3.63) is 33.9 Å². The van der Waals surface area contributed by atoms with Gasteiger partial charge in [-0.3, -0.25) is 14.9 Å². The van der Waals surface area contributed by atoms with Crippen LogP contribution in [-0.2, 0) is 4.79 Å². The molecule has 0 saturated heterocycles. The van der Waals surface area contributed by atoms with E-state index in [1.54, 1.807) is 21.0 Å². The first-order valence-corrected chi connectivity index (χ1v) is 6.08. The Bertz CT molecular complexity index is 513. The Morgan fingerprint density at radius 1 is 1.40 bits per heavy atom. The molecule has 1 aromatic rings. The van der Waals surface area contributed by atoms with Crippen LogP contribution < -0.4 is 4.74 Å². The van der Waals surface area contributed by atoms with Crippen LogP contribution in [0.2, 0.25) is 0 Å². The Morgan fingerprint density at radius 2 is 2.00 bits per heavy atom. The zero-order valence-electron chi connectivity index (χ0n) is 11.9. The SMILES string of the molecule is CC(Oc1ccc([N+](=O)[O-])cc1[C@H](C)O)C(=O)N(C)C. The number of non-ortho nitro benzene ring substituents is 1. The maximum Gasteiger partial charge on any atom is 0.270 e. The van der Waals surface area contributed by atoms with E-state index in [9.17, 15) is 20.0 Å². The fraction of sp³-hybridized carbons (Fsp3) is 0.462. The number of benzene rings is 1. The van der Waals surface area contributed by atoms with Crippen molar-refractivity contribution in [1.29, 1.82) is 0 Å². The van der Waals surface area contributed by atoms with Gasteiger partial charge in [0.1, 0.15) is 5.75 Å². The molecule has 0 aliphatic rings. The first kappa shape index (κ1) is 15.9. The monoisotopic (exact) mass is 282 g/mol. The molecule has 0 fully saturated rings. The Kier molecular flexibility index (Phi) is 5.04. The molecule has 0 bridgehead atoms. The summed E-state index contributed by atoms with van der Waals surface area (Å²) in [5.41, 5.74) is 0.137. The Balaban J connectivity index is 3.06. The van der Waals surface area contributed by atoms with Crippen LogP contribution in [0.5, 0.6) is 5.75 Å². The Hall–Kier alpha value is -2.15. The van der Waals surface area contributed by atoms with Crippen molar-refractivity contribution in [1.82, 2.24) is 4.90 Å². The van der Waals surface area contributed by atoms with Crippen LogP contribution in [0.15, 0.2) is 18.2 Å². The number of carbonyl (C=O) groups excluding carboxylic acids is 1. The largest absolute Gasteiger partial charge is 0.481 e. The first-order chi connectivity index (χ1) is 9.23. The highest BCUT2D eigenvalue weighted by molar-refractivity contribution is 5.80. The molecular weight excluding hydrogens is 264 g/mol. The summed E-state index contributed by atoms with van der Waals surface area (Å²) < 4.78 is 5.49. The van der Waals surface area contributed by atoms with Crippen molar-refractivity contribution in [2.24, 2.45) is 0 Å². The second-order valence-corrected chi connectivity index (χ2v) is 4.65. The lowest BCUT2D eigenvalue weighted by atomic mass is 10.1. The molecular formula is C13H18N2O5. The van der Waals surface area contributed by atoms with Gasteiger partial charge in [-0.05, 0) is 19.9 Å². The van der Waals surface area contributed by atoms with Crippen LogP contribution in [0.3, 0.4) is 0 Å². The van der Waals surface area contributed by atoms with Crippen LogP contribution in [-0.4, -0.2) is 41.0 Å². The average molecular weight is 282 g/mol. The number of aliphatic hydroxyl groups excluding tert-OH is 1. The normalized spacial score (nSPS) is 13.4. The van der Waals surface area contributed by atoms with Crippen molar-refractivity contribution in [2.45, 2.75) is 26.1 Å². The molecule has 110 valence electrons. The average Bonchev–Trinajstić information content (AvgIpc) is 2.37. The summed E-state index contributed by atoms with van der Waals surface area (Å²) in [6.07, 6.45) is -1.68. The summed E-state index contributed by atoms with van der Waals surface area (Å²) in [6.45, 7) is 3.06. The highest BCUT2D eigenvalue weighted by atomic mass is 16.6. The van der Waals surface area contributed by atoms with Crippen molar-refractivity contribution in [3.63, 3.8) is 0 Å². The molecule has 20 heavy (non-hydrogen) atoms. The van der Waals surface area contributed by atoms with Crippen LogP contribution >= 0.6 is 0 Å². The summed E-state index contributed by atoms with van der Waals surface area (Å²) in [5, 5.41) is 20.4. The maximum absolute atomic E-state index is 11.7. The molecule has 1 amide bonds. The van der Waals surface area contributed by atoms with Gasteiger partial charge >= 0.3 is 0 Å². The number of aliphatic hydroxyl groups is 1. The minimum absolute atomic E-state index is 0.139. The number of hydrogen-bond acceptors (Lipinski definition) is 5. The fourth-order valence-corrected chi connectivity index (χ4v) is 1.69. The molecule has 0 aliphatic heterocycles. The molecule has 7 nitrogen and oxygen atoms in total. The summed E-state index contributed by atoms with van der Waals surface area (Å²) in [6, 6.07) is 3.90. The molecule has 0 heterocycles. The molecule has 1 N–H and O–H groups in total. The number of carbonyl (C=O) groups is 1. The van der Waals surface area contributed by atoms with Gasteiger partial charge in [-0.25, -0.2) is 0 Å². The smallest absolute Gasteiger partial charge is 0.270 e. The number of rotatable bonds is 5. The first-order valence-electron chi connectivity index (χ1n) is 6.08. The molecule has 0 spiro atoms. The summed E-state index contributed by atoms with van der Waals surface area (Å²) in [7, 11) is 3.21. The highest BCUT2D eigenvalue weighted by Gasteiger charge is 2.21. The molecule has 2 atom stereocenters. The number of ether oxygens (including phenoxy) is 1. The number of nitro benzene ring substituents is 1. The quantitative estimate of drug-likeness (QED) is 0.652. The van der Waals surface area contributed by atoms with E-state index >= 15 is 0 Å². The Morgan fingerprint density at radius 3 is 2.45 bits per heavy atom. The minimum atomic E-state index is -0.938. The van der Waals surface area contributed by atoms with E-state index in [0.717, 1.165) is 0 Å². The van der Waals surface area contributed by atoms with Gasteiger partial charge in [0.05, 0.1) is 11.0 Å². The highest BCUT2D eigenvalue weighted by Crippen LogP contribution is 2.30. The van der Waals surface area contributed by atoms with Crippen LogP contribution in [0.4, 0.5) is 5.69 Å². The third-order valence-electron chi connectivity index (χ3n) is 2.75. The second-order valence-electron chi connectivity index (χ2n) is 4.65. The molecule has 7 heteroatoms. The van der Waals surface area contributed by atoms with E-state index < -0.39 is 17.1 Å². The lowest BCUT2D eigenvalue weighted by Crippen LogP contribution is -2.35. The van der Waals surface area contributed by atoms with E-state index in [1.807, 2.05) is 0 Å². The lowest BCUT2D eigenvalue weighted by molar-refractivity contribution is -0.385. The standard InChI is InChI=1S/C13H18N2O5/c1-8(16)11-7-10(15(18)19)5-6-12(11)20-9(2)13(17)14(3)4/h5-9,16H,1-4H3/t8-,9?/m0/s1. The second kappa shape index (κ2) is 6.33. The third-order valence-corrected chi connectivity index (χ3v) is 2.75. The molecule has 1 aromatic carbocycles. The zero-order chi connectivity index (χ0) is 15.4. The minimum Gasteiger partial charge on any atom is -0.481 e. The van der Waals surface area contributed by atoms with Crippen molar-refractivity contribution in [2.75, 3.05) is 14.1 Å². The van der Waals surface area contributed by atoms with E-state index in [0.29, 0.717) is 0 Å². The van der Waals surface area contributed by atoms with Crippen molar-refractivity contribution >= 4 is 11.6 Å². The molecule has 0 saturated carbocycles. The van der Waals surface area contributed by atoms with Gasteiger partial charge in [-0.1, -0.05) is 0 Å². The van der Waals surface area contributed by atoms with E-state index in [2.05, 4.69) is 0 Å². The number of nitrogens with zero attached hydrogens (tertiary/aromatic N) is 2. The van der Waals surface area contributed by atoms with Gasteiger partial charge in [0, 0.05) is 31.8 Å². The van der Waals surface area contributed by atoms with Crippen molar-refractivity contribution < 1.29 is 19.6 Å². The predicted octanol–water partition coefficient (Wildman–Crippen LogP) is 1.50. The van der Waals surface area contributed by atoms with Gasteiger partial charge in [-0.2, -0.15) is 0 Å². The Labute approximate surface area is 116 Å². The molecule has 0 aliphatic carbocycles. The lowest BCUT2D eigenvalue weighted by Gasteiger charge is -2.20. The molecule has 0 aromatic heterocycles. The summed E-state index contributed by atoms with van der Waals surface area (Å²) in [5.74, 6) is 0.0215. The van der Waals surface area contributed by atoms with Crippen LogP contribution in [0.1, 0.15) is 25.5 Å². The third kappa shape index (κ3) is 3.67. The molecule has 1 unspecified atom stereocenters. The van der Waals surface area contributed by atoms with E-state index in [1.165, 1.54) is 30.0 Å². The topological polar surface area (TPSA) is 92.9 Å². The molecule has 1 rings (SSSR count). The van der Waals surface area contributed by atoms with Gasteiger partial charge in [-0.15, -0.1) is 0 Å². The summed E-state index contributed by atoms with van der Waals surface area (Å²) >= 11 is 0. The molecule has 0 radical (unpaired) electrons. The van der Waals surface area contributed by atoms with E-state index in [-0.39, 0.29) is 22.9 Å². The van der Waals surface area contributed by atoms with Gasteiger partial charge in [0.15, 0.2) is 6.10 Å². The zero-order valence-corrected chi connectivity index (χ0v) is 11.9. The maximum atomic E-state index is 11.7.